The van der Waals surface area contributed by atoms with E-state index in [4.69, 9.17) is 0 Å². The number of carbonyl (C=O) groups excluding carboxylic acids is 1. The number of nitro benzene ring substituents is 1. The minimum absolute atomic E-state index is 0.116. The Morgan fingerprint density at radius 3 is 2.37 bits per heavy atom. The molecule has 0 saturated heterocycles. The van der Waals surface area contributed by atoms with E-state index in [0.717, 1.165) is 22.5 Å². The van der Waals surface area contributed by atoms with Gasteiger partial charge in [0.1, 0.15) is 0 Å². The van der Waals surface area contributed by atoms with Crippen molar-refractivity contribution in [1.29, 1.82) is 0 Å². The van der Waals surface area contributed by atoms with E-state index in [1.54, 1.807) is 6.07 Å². The number of nitrogens with zero attached hydrogens (tertiary/aromatic N) is 3. The van der Waals surface area contributed by atoms with Gasteiger partial charge in [0.2, 0.25) is 0 Å². The lowest BCUT2D eigenvalue weighted by molar-refractivity contribution is -0.384. The number of aryl methyl sites for hydroxylation is 2. The lowest BCUT2D eigenvalue weighted by Crippen LogP contribution is -1.99. The van der Waals surface area contributed by atoms with Crippen molar-refractivity contribution < 1.29 is 9.72 Å². The van der Waals surface area contributed by atoms with Gasteiger partial charge in [-0.25, -0.2) is 9.97 Å². The molecule has 0 spiro atoms. The molecule has 2 aromatic carbocycles. The highest BCUT2D eigenvalue weighted by Crippen LogP contribution is 2.32. The van der Waals surface area contributed by atoms with Crippen LogP contribution in [-0.4, -0.2) is 20.7 Å². The number of rotatable bonds is 5. The van der Waals surface area contributed by atoms with Crippen molar-refractivity contribution in [3.05, 3.63) is 75.5 Å². The Balaban J connectivity index is 2.00. The van der Waals surface area contributed by atoms with Gasteiger partial charge in [0.05, 0.1) is 10.6 Å². The first-order valence-electron chi connectivity index (χ1n) is 8.23. The lowest BCUT2D eigenvalue weighted by atomic mass is 10.1. The van der Waals surface area contributed by atoms with Crippen LogP contribution in [-0.2, 0) is 0 Å². The second-order valence-corrected chi connectivity index (χ2v) is 7.15. The van der Waals surface area contributed by atoms with Crippen LogP contribution in [0.3, 0.4) is 0 Å². The normalized spacial score (nSPS) is 10.6. The minimum Gasteiger partial charge on any atom is -0.294 e. The second-order valence-electron chi connectivity index (χ2n) is 6.14. The van der Waals surface area contributed by atoms with E-state index in [2.05, 4.69) is 9.97 Å². The van der Waals surface area contributed by atoms with Gasteiger partial charge in [-0.05, 0) is 44.7 Å². The highest BCUT2D eigenvalue weighted by molar-refractivity contribution is 7.99. The number of aromatic nitrogens is 2. The molecule has 0 atom stereocenters. The van der Waals surface area contributed by atoms with Crippen LogP contribution < -0.4 is 0 Å². The zero-order valence-corrected chi connectivity index (χ0v) is 15.9. The summed E-state index contributed by atoms with van der Waals surface area (Å²) < 4.78 is 0. The minimum atomic E-state index is -0.514. The van der Waals surface area contributed by atoms with Crippen molar-refractivity contribution in [2.75, 3.05) is 0 Å². The fraction of sp³-hybridized carbons (Fsp3) is 0.150. The summed E-state index contributed by atoms with van der Waals surface area (Å²) >= 11 is 1.22. The maximum Gasteiger partial charge on any atom is 0.270 e. The summed E-state index contributed by atoms with van der Waals surface area (Å²) in [5.74, 6) is -0.243. The van der Waals surface area contributed by atoms with E-state index in [0.29, 0.717) is 10.1 Å². The summed E-state index contributed by atoms with van der Waals surface area (Å²) in [5.41, 5.74) is 3.90. The molecule has 136 valence electrons. The molecule has 0 saturated carbocycles. The summed E-state index contributed by atoms with van der Waals surface area (Å²) in [5, 5.41) is 11.5. The average Bonchev–Trinajstić information content (AvgIpc) is 2.61. The molecule has 0 aliphatic carbocycles. The SMILES string of the molecule is CC(=O)c1cc([N+](=O)[O-])ccc1Sc1nc(C)cc(-c2ccc(C)cc2)n1. The molecule has 1 heterocycles. The molecule has 0 N–H and O–H groups in total. The van der Waals surface area contributed by atoms with Crippen LogP contribution in [0.25, 0.3) is 11.3 Å². The standard InChI is InChI=1S/C20H17N3O3S/c1-12-4-6-15(7-5-12)18-10-13(2)21-20(22-18)27-19-9-8-16(23(25)26)11-17(19)14(3)24/h4-11H,1-3H3. The van der Waals surface area contributed by atoms with Crippen LogP contribution in [0.5, 0.6) is 0 Å². The molecule has 27 heavy (non-hydrogen) atoms. The number of hydrogen-bond acceptors (Lipinski definition) is 6. The Hall–Kier alpha value is -3.06. The van der Waals surface area contributed by atoms with Crippen LogP contribution >= 0.6 is 11.8 Å². The van der Waals surface area contributed by atoms with Gasteiger partial charge in [-0.3, -0.25) is 14.9 Å². The summed E-state index contributed by atoms with van der Waals surface area (Å²) in [6.07, 6.45) is 0. The van der Waals surface area contributed by atoms with E-state index < -0.39 is 4.92 Å². The van der Waals surface area contributed by atoms with Crippen molar-refractivity contribution in [3.8, 4) is 11.3 Å². The van der Waals surface area contributed by atoms with Crippen LogP contribution in [0.4, 0.5) is 5.69 Å². The first kappa shape index (κ1) is 18.7. The molecule has 6 nitrogen and oxygen atoms in total. The zero-order chi connectivity index (χ0) is 19.6. The first-order valence-corrected chi connectivity index (χ1v) is 9.05. The molecule has 0 unspecified atom stereocenters. The summed E-state index contributed by atoms with van der Waals surface area (Å²) in [4.78, 5) is 32.0. The third kappa shape index (κ3) is 4.38. The van der Waals surface area contributed by atoms with Crippen molar-refractivity contribution in [1.82, 2.24) is 9.97 Å². The zero-order valence-electron chi connectivity index (χ0n) is 15.1. The summed E-state index contributed by atoms with van der Waals surface area (Å²) in [7, 11) is 0. The maximum atomic E-state index is 11.9. The molecular formula is C20H17N3O3S. The number of ketones is 1. The molecular weight excluding hydrogens is 362 g/mol. The Morgan fingerprint density at radius 1 is 1.04 bits per heavy atom. The lowest BCUT2D eigenvalue weighted by Gasteiger charge is -2.08. The largest absolute Gasteiger partial charge is 0.294 e. The van der Waals surface area contributed by atoms with Gasteiger partial charge in [0.15, 0.2) is 10.9 Å². The van der Waals surface area contributed by atoms with Crippen LogP contribution in [0.2, 0.25) is 0 Å². The van der Waals surface area contributed by atoms with E-state index in [1.165, 1.54) is 30.8 Å². The first-order chi connectivity index (χ1) is 12.8. The monoisotopic (exact) mass is 379 g/mol. The van der Waals surface area contributed by atoms with Gasteiger partial charge in [-0.1, -0.05) is 29.8 Å². The maximum absolute atomic E-state index is 11.9. The van der Waals surface area contributed by atoms with Crippen LogP contribution in [0, 0.1) is 24.0 Å². The van der Waals surface area contributed by atoms with Gasteiger partial charge in [0.25, 0.3) is 5.69 Å². The fourth-order valence-electron chi connectivity index (χ4n) is 2.55. The molecule has 3 aromatic rings. The second kappa shape index (κ2) is 7.67. The number of non-ortho nitro benzene ring substituents is 1. The van der Waals surface area contributed by atoms with Crippen molar-refractivity contribution in [2.24, 2.45) is 0 Å². The Morgan fingerprint density at radius 2 is 1.74 bits per heavy atom. The summed E-state index contributed by atoms with van der Waals surface area (Å²) in [6.45, 7) is 5.29. The molecule has 0 fully saturated rings. The van der Waals surface area contributed by atoms with Crippen molar-refractivity contribution >= 4 is 23.2 Å². The van der Waals surface area contributed by atoms with E-state index in [9.17, 15) is 14.9 Å². The van der Waals surface area contributed by atoms with Gasteiger partial charge in [-0.15, -0.1) is 0 Å². The van der Waals surface area contributed by atoms with Gasteiger partial charge in [0, 0.05) is 33.8 Å². The Kier molecular flexibility index (Phi) is 5.32. The number of Topliss-reactive ketones (excluding diaryl/α,β-unsaturated/α-hetero) is 1. The third-order valence-electron chi connectivity index (χ3n) is 3.94. The fourth-order valence-corrected chi connectivity index (χ4v) is 3.53. The third-order valence-corrected chi connectivity index (χ3v) is 4.88. The van der Waals surface area contributed by atoms with Crippen LogP contribution in [0.15, 0.2) is 58.6 Å². The number of benzene rings is 2. The molecule has 1 aromatic heterocycles. The molecule has 0 aliphatic heterocycles. The highest BCUT2D eigenvalue weighted by atomic mass is 32.2. The number of nitro groups is 1. The van der Waals surface area contributed by atoms with E-state index >= 15 is 0 Å². The highest BCUT2D eigenvalue weighted by Gasteiger charge is 2.16. The van der Waals surface area contributed by atoms with Gasteiger partial charge < -0.3 is 0 Å². The molecule has 0 radical (unpaired) electrons. The Bertz CT molecular complexity index is 1030. The number of carbonyl (C=O) groups is 1. The molecule has 0 amide bonds. The predicted molar refractivity (Wildman–Crippen MR) is 104 cm³/mol. The molecule has 0 bridgehead atoms. The predicted octanol–water partition coefficient (Wildman–Crippen LogP) is 5.02. The van der Waals surface area contributed by atoms with E-state index in [1.807, 2.05) is 44.2 Å². The molecule has 3 rings (SSSR count). The van der Waals surface area contributed by atoms with Crippen molar-refractivity contribution in [3.63, 3.8) is 0 Å². The molecule has 0 aliphatic rings. The number of hydrogen-bond donors (Lipinski definition) is 0. The van der Waals surface area contributed by atoms with E-state index in [-0.39, 0.29) is 17.0 Å². The quantitative estimate of drug-likeness (QED) is 0.268. The topological polar surface area (TPSA) is 86.0 Å². The summed E-state index contributed by atoms with van der Waals surface area (Å²) in [6, 6.07) is 14.2. The van der Waals surface area contributed by atoms with Gasteiger partial charge in [-0.2, -0.15) is 0 Å². The van der Waals surface area contributed by atoms with Crippen molar-refractivity contribution in [2.45, 2.75) is 30.8 Å². The Labute approximate surface area is 160 Å². The van der Waals surface area contributed by atoms with Gasteiger partial charge >= 0.3 is 0 Å². The van der Waals surface area contributed by atoms with Crippen LogP contribution in [0.1, 0.15) is 28.5 Å². The molecule has 7 heteroatoms. The smallest absolute Gasteiger partial charge is 0.270 e. The average molecular weight is 379 g/mol.